The molecule has 4 rings (SSSR count). The number of phenols is 1. The molecular formula is C26H18Br2ClN3O6. The van der Waals surface area contributed by atoms with Gasteiger partial charge in [0.15, 0.2) is 6.61 Å². The van der Waals surface area contributed by atoms with Crippen molar-refractivity contribution in [3.63, 3.8) is 0 Å². The number of carbonyl (C=O) groups excluding carboxylic acids is 4. The average Bonchev–Trinajstić information content (AvgIpc) is 2.84. The summed E-state index contributed by atoms with van der Waals surface area (Å²) in [4.78, 5) is 51.0. The minimum atomic E-state index is -0.903. The zero-order valence-corrected chi connectivity index (χ0v) is 23.5. The van der Waals surface area contributed by atoms with Crippen molar-refractivity contribution in [2.24, 2.45) is 0 Å². The Morgan fingerprint density at radius 3 is 2.37 bits per heavy atom. The fraction of sp³-hybridized carbons (Fsp3) is 0.0769. The molecule has 1 fully saturated rings. The number of hydrogen-bond donors (Lipinski definition) is 3. The number of carbonyl (C=O) groups is 4. The Morgan fingerprint density at radius 1 is 1.08 bits per heavy atom. The number of urea groups is 1. The molecule has 3 N–H and O–H groups in total. The Labute approximate surface area is 238 Å². The van der Waals surface area contributed by atoms with Gasteiger partial charge < -0.3 is 15.2 Å². The summed E-state index contributed by atoms with van der Waals surface area (Å²) in [5.74, 6) is -1.80. The summed E-state index contributed by atoms with van der Waals surface area (Å²) in [5, 5.41) is 14.9. The lowest BCUT2D eigenvalue weighted by atomic mass is 10.1. The van der Waals surface area contributed by atoms with Crippen LogP contribution < -0.4 is 20.3 Å². The zero-order chi connectivity index (χ0) is 27.6. The largest absolute Gasteiger partial charge is 0.508 e. The first-order valence-corrected chi connectivity index (χ1v) is 12.9. The minimum Gasteiger partial charge on any atom is -0.508 e. The smallest absolute Gasteiger partial charge is 0.335 e. The number of anilines is 2. The molecule has 0 radical (unpaired) electrons. The summed E-state index contributed by atoms with van der Waals surface area (Å²) < 4.78 is 6.55. The second kappa shape index (κ2) is 11.4. The lowest BCUT2D eigenvalue weighted by Crippen LogP contribution is -2.54. The summed E-state index contributed by atoms with van der Waals surface area (Å²) >= 11 is 12.9. The monoisotopic (exact) mass is 661 g/mol. The van der Waals surface area contributed by atoms with Crippen LogP contribution in [0.25, 0.3) is 6.08 Å². The molecule has 194 valence electrons. The van der Waals surface area contributed by atoms with Crippen LogP contribution in [0.3, 0.4) is 0 Å². The standard InChI is InChI=1S/C26H18Br2ClN3O6/c1-13-2-3-15(11-21(13)29)30-22(34)12-38-23-19(27)9-14(10-20(23)28)8-18-24(35)31-26(37)32(25(18)36)16-4-6-17(33)7-5-16/h2-11,33H,12H2,1H3,(H,30,34)(H,31,35,37)/b18-8-. The molecular weight excluding hydrogens is 646 g/mol. The number of phenolic OH excluding ortho intramolecular Hbond substituents is 1. The zero-order valence-electron chi connectivity index (χ0n) is 19.6. The summed E-state index contributed by atoms with van der Waals surface area (Å²) in [6.45, 7) is 1.56. The van der Waals surface area contributed by atoms with Crippen LogP contribution in [-0.4, -0.2) is 35.5 Å². The van der Waals surface area contributed by atoms with Crippen molar-refractivity contribution >= 4 is 84.7 Å². The van der Waals surface area contributed by atoms with Crippen LogP contribution in [0.15, 0.2) is 69.1 Å². The lowest BCUT2D eigenvalue weighted by molar-refractivity contribution is -0.122. The van der Waals surface area contributed by atoms with Crippen LogP contribution in [0.5, 0.6) is 11.5 Å². The maximum absolute atomic E-state index is 13.1. The molecule has 0 unspecified atom stereocenters. The van der Waals surface area contributed by atoms with E-state index in [-0.39, 0.29) is 23.6 Å². The van der Waals surface area contributed by atoms with E-state index in [1.54, 1.807) is 30.3 Å². The fourth-order valence-corrected chi connectivity index (χ4v) is 5.10. The number of halogens is 3. The van der Waals surface area contributed by atoms with E-state index in [1.807, 2.05) is 6.92 Å². The molecule has 1 aliphatic rings. The van der Waals surface area contributed by atoms with Gasteiger partial charge in [-0.1, -0.05) is 17.7 Å². The highest BCUT2D eigenvalue weighted by molar-refractivity contribution is 9.11. The SMILES string of the molecule is Cc1ccc(NC(=O)COc2c(Br)cc(/C=C3/C(=O)NC(=O)N(c4ccc(O)cc4)C3=O)cc2Br)cc1Cl. The molecule has 38 heavy (non-hydrogen) atoms. The van der Waals surface area contributed by atoms with Crippen molar-refractivity contribution in [3.8, 4) is 11.5 Å². The third-order valence-corrected chi connectivity index (χ3v) is 6.93. The quantitative estimate of drug-likeness (QED) is 0.234. The highest BCUT2D eigenvalue weighted by Gasteiger charge is 2.36. The average molecular weight is 664 g/mol. The van der Waals surface area contributed by atoms with Crippen LogP contribution in [0, 0.1) is 6.92 Å². The Balaban J connectivity index is 1.51. The maximum atomic E-state index is 13.1. The number of imide groups is 2. The van der Waals surface area contributed by atoms with Gasteiger partial charge in [0.05, 0.1) is 14.6 Å². The Bertz CT molecular complexity index is 1480. The first kappa shape index (κ1) is 27.4. The lowest BCUT2D eigenvalue weighted by Gasteiger charge is -2.26. The topological polar surface area (TPSA) is 125 Å². The molecule has 3 aromatic carbocycles. The second-order valence-electron chi connectivity index (χ2n) is 8.09. The summed E-state index contributed by atoms with van der Waals surface area (Å²) in [6, 6.07) is 12.8. The summed E-state index contributed by atoms with van der Waals surface area (Å²) in [6.07, 6.45) is 1.32. The number of rotatable bonds is 6. The van der Waals surface area contributed by atoms with Gasteiger partial charge >= 0.3 is 6.03 Å². The molecule has 1 aliphatic heterocycles. The Hall–Kier alpha value is -3.67. The molecule has 0 atom stereocenters. The van der Waals surface area contributed by atoms with E-state index >= 15 is 0 Å². The van der Waals surface area contributed by atoms with E-state index in [1.165, 1.54) is 30.3 Å². The van der Waals surface area contributed by atoms with Gasteiger partial charge in [-0.2, -0.15) is 0 Å². The van der Waals surface area contributed by atoms with Crippen LogP contribution in [0.2, 0.25) is 5.02 Å². The number of ether oxygens (including phenoxy) is 1. The molecule has 9 nitrogen and oxygen atoms in total. The highest BCUT2D eigenvalue weighted by Crippen LogP contribution is 2.36. The first-order valence-electron chi connectivity index (χ1n) is 10.9. The van der Waals surface area contributed by atoms with Gasteiger partial charge in [0, 0.05) is 10.7 Å². The molecule has 1 saturated heterocycles. The van der Waals surface area contributed by atoms with Gasteiger partial charge in [0.1, 0.15) is 17.1 Å². The van der Waals surface area contributed by atoms with Crippen molar-refractivity contribution in [1.82, 2.24) is 5.32 Å². The molecule has 12 heteroatoms. The molecule has 0 saturated carbocycles. The van der Waals surface area contributed by atoms with Crippen LogP contribution in [-0.2, 0) is 14.4 Å². The van der Waals surface area contributed by atoms with E-state index in [4.69, 9.17) is 16.3 Å². The number of benzene rings is 3. The predicted octanol–water partition coefficient (Wildman–Crippen LogP) is 5.56. The van der Waals surface area contributed by atoms with E-state index in [9.17, 15) is 24.3 Å². The van der Waals surface area contributed by atoms with Gasteiger partial charge in [0.2, 0.25) is 0 Å². The van der Waals surface area contributed by atoms with Gasteiger partial charge in [-0.25, -0.2) is 9.69 Å². The number of hydrogen-bond acceptors (Lipinski definition) is 6. The van der Waals surface area contributed by atoms with Crippen LogP contribution in [0.1, 0.15) is 11.1 Å². The van der Waals surface area contributed by atoms with E-state index in [2.05, 4.69) is 42.5 Å². The third kappa shape index (κ3) is 6.07. The predicted molar refractivity (Wildman–Crippen MR) is 149 cm³/mol. The van der Waals surface area contributed by atoms with Gasteiger partial charge in [-0.05, 0) is 105 Å². The Morgan fingerprint density at radius 2 is 1.74 bits per heavy atom. The van der Waals surface area contributed by atoms with Crippen molar-refractivity contribution in [2.75, 3.05) is 16.8 Å². The fourth-order valence-electron chi connectivity index (χ4n) is 3.47. The van der Waals surface area contributed by atoms with Gasteiger partial charge in [0.25, 0.3) is 17.7 Å². The molecule has 1 heterocycles. The van der Waals surface area contributed by atoms with Crippen LogP contribution in [0.4, 0.5) is 16.2 Å². The van der Waals surface area contributed by atoms with Gasteiger partial charge in [-0.3, -0.25) is 19.7 Å². The van der Waals surface area contributed by atoms with Crippen molar-refractivity contribution < 1.29 is 29.0 Å². The normalized spacial score (nSPS) is 14.5. The van der Waals surface area contributed by atoms with Crippen LogP contribution >= 0.6 is 43.5 Å². The molecule has 5 amide bonds. The molecule has 3 aromatic rings. The molecule has 0 spiro atoms. The number of aryl methyl sites for hydroxylation is 1. The number of nitrogens with zero attached hydrogens (tertiary/aromatic N) is 1. The first-order chi connectivity index (χ1) is 18.0. The van der Waals surface area contributed by atoms with Gasteiger partial charge in [-0.15, -0.1) is 0 Å². The van der Waals surface area contributed by atoms with Crippen molar-refractivity contribution in [3.05, 3.63) is 85.3 Å². The number of amides is 5. The summed E-state index contributed by atoms with van der Waals surface area (Å²) in [7, 11) is 0. The molecule has 0 aliphatic carbocycles. The maximum Gasteiger partial charge on any atom is 0.335 e. The second-order valence-corrected chi connectivity index (χ2v) is 10.2. The highest BCUT2D eigenvalue weighted by atomic mass is 79.9. The van der Waals surface area contributed by atoms with E-state index in [0.29, 0.717) is 31.0 Å². The van der Waals surface area contributed by atoms with E-state index in [0.717, 1.165) is 10.5 Å². The minimum absolute atomic E-state index is 0.0421. The molecule has 0 bridgehead atoms. The molecule has 0 aromatic heterocycles. The number of barbiturate groups is 1. The number of nitrogens with one attached hydrogen (secondary N) is 2. The Kier molecular flexibility index (Phi) is 8.20. The van der Waals surface area contributed by atoms with E-state index < -0.39 is 23.8 Å². The van der Waals surface area contributed by atoms with Crippen molar-refractivity contribution in [2.45, 2.75) is 6.92 Å². The number of aromatic hydroxyl groups is 1. The summed E-state index contributed by atoms with van der Waals surface area (Å²) in [5.41, 5.74) is 1.76. The van der Waals surface area contributed by atoms with Crippen molar-refractivity contribution in [1.29, 1.82) is 0 Å². The third-order valence-electron chi connectivity index (χ3n) is 5.34.